The number of ether oxygens (including phenoxy) is 1. The molecule has 116 valence electrons. The van der Waals surface area contributed by atoms with Crippen LogP contribution in [0.5, 0.6) is 0 Å². The van der Waals surface area contributed by atoms with Crippen LogP contribution in [0.25, 0.3) is 0 Å². The van der Waals surface area contributed by atoms with Gasteiger partial charge in [-0.1, -0.05) is 0 Å². The number of anilines is 1. The number of carbonyl (C=O) groups is 2. The minimum atomic E-state index is -0.193. The molecule has 2 N–H and O–H groups in total. The van der Waals surface area contributed by atoms with Crippen LogP contribution < -0.4 is 5.32 Å². The summed E-state index contributed by atoms with van der Waals surface area (Å²) in [4.78, 5) is 25.7. The molecule has 1 saturated heterocycles. The van der Waals surface area contributed by atoms with Crippen LogP contribution in [0.3, 0.4) is 0 Å². The molecule has 1 aliphatic heterocycles. The van der Waals surface area contributed by atoms with Crippen LogP contribution in [-0.2, 0) is 14.3 Å². The number of aromatic amines is 1. The molecule has 2 heterocycles. The van der Waals surface area contributed by atoms with Crippen molar-refractivity contribution >= 4 is 17.6 Å². The first-order valence-electron chi connectivity index (χ1n) is 7.13. The van der Waals surface area contributed by atoms with E-state index in [1.807, 2.05) is 18.7 Å². The number of aryl methyl sites for hydroxylation is 2. The van der Waals surface area contributed by atoms with Crippen molar-refractivity contribution < 1.29 is 14.3 Å². The molecule has 0 bridgehead atoms. The molecule has 0 radical (unpaired) electrons. The summed E-state index contributed by atoms with van der Waals surface area (Å²) >= 11 is 0. The molecule has 21 heavy (non-hydrogen) atoms. The lowest BCUT2D eigenvalue weighted by molar-refractivity contribution is -0.147. The van der Waals surface area contributed by atoms with Crippen LogP contribution in [0.15, 0.2) is 0 Å². The normalized spacial score (nSPS) is 19.3. The number of amides is 1. The van der Waals surface area contributed by atoms with E-state index in [-0.39, 0.29) is 24.3 Å². The minimum absolute atomic E-state index is 0.0897. The van der Waals surface area contributed by atoms with Gasteiger partial charge in [0.1, 0.15) is 0 Å². The molecule has 1 atom stereocenters. The van der Waals surface area contributed by atoms with E-state index in [2.05, 4.69) is 15.5 Å². The number of hydrogen-bond donors (Lipinski definition) is 2. The Morgan fingerprint density at radius 1 is 1.48 bits per heavy atom. The highest BCUT2D eigenvalue weighted by molar-refractivity contribution is 5.93. The maximum atomic E-state index is 12.1. The second-order valence-electron chi connectivity index (χ2n) is 5.45. The lowest BCUT2D eigenvalue weighted by atomic mass is 9.98. The molecule has 1 amide bonds. The standard InChI is InChI=1S/C14H22N4O3/c1-9-13(10(2)17-16-9)15-12(19)8-18-6-4-5-11(7-18)14(20)21-3/h11H,4-8H2,1-3H3,(H,15,19)(H,16,17)/t11-/m0/s1. The molecule has 0 unspecified atom stereocenters. The number of hydrogen-bond acceptors (Lipinski definition) is 5. The predicted octanol–water partition coefficient (Wildman–Crippen LogP) is 0.850. The van der Waals surface area contributed by atoms with Crippen LogP contribution in [0, 0.1) is 19.8 Å². The molecule has 0 aromatic carbocycles. The van der Waals surface area contributed by atoms with E-state index in [9.17, 15) is 9.59 Å². The van der Waals surface area contributed by atoms with E-state index in [1.165, 1.54) is 7.11 Å². The van der Waals surface area contributed by atoms with Crippen molar-refractivity contribution in [3.05, 3.63) is 11.4 Å². The van der Waals surface area contributed by atoms with Crippen molar-refractivity contribution in [1.29, 1.82) is 0 Å². The van der Waals surface area contributed by atoms with Crippen molar-refractivity contribution in [2.45, 2.75) is 26.7 Å². The quantitative estimate of drug-likeness (QED) is 0.804. The van der Waals surface area contributed by atoms with Gasteiger partial charge in [-0.05, 0) is 33.2 Å². The lowest BCUT2D eigenvalue weighted by Gasteiger charge is -2.30. The van der Waals surface area contributed by atoms with E-state index < -0.39 is 0 Å². The smallest absolute Gasteiger partial charge is 0.309 e. The Kier molecular flexibility index (Phi) is 4.95. The number of nitrogens with one attached hydrogen (secondary N) is 2. The second kappa shape index (κ2) is 6.71. The Morgan fingerprint density at radius 3 is 2.86 bits per heavy atom. The molecule has 0 aliphatic carbocycles. The average molecular weight is 294 g/mol. The summed E-state index contributed by atoms with van der Waals surface area (Å²) < 4.78 is 4.78. The molecule has 1 aromatic heterocycles. The number of aromatic nitrogens is 2. The Bertz CT molecular complexity index is 507. The third-order valence-electron chi connectivity index (χ3n) is 3.80. The van der Waals surface area contributed by atoms with Gasteiger partial charge < -0.3 is 10.1 Å². The first kappa shape index (κ1) is 15.5. The Hall–Kier alpha value is -1.89. The summed E-state index contributed by atoms with van der Waals surface area (Å²) in [5.41, 5.74) is 2.35. The van der Waals surface area contributed by atoms with Crippen molar-refractivity contribution in [2.24, 2.45) is 5.92 Å². The summed E-state index contributed by atoms with van der Waals surface area (Å²) in [6.45, 7) is 5.38. The van der Waals surface area contributed by atoms with Crippen LogP contribution in [0.4, 0.5) is 5.69 Å². The maximum Gasteiger partial charge on any atom is 0.309 e. The minimum Gasteiger partial charge on any atom is -0.469 e. The monoisotopic (exact) mass is 294 g/mol. The van der Waals surface area contributed by atoms with Gasteiger partial charge in [-0.3, -0.25) is 19.6 Å². The Morgan fingerprint density at radius 2 is 2.24 bits per heavy atom. The zero-order valence-electron chi connectivity index (χ0n) is 12.7. The van der Waals surface area contributed by atoms with Crippen molar-refractivity contribution in [3.8, 4) is 0 Å². The fraction of sp³-hybridized carbons (Fsp3) is 0.643. The van der Waals surface area contributed by atoms with Gasteiger partial charge in [0.05, 0.1) is 36.6 Å². The fourth-order valence-corrected chi connectivity index (χ4v) is 2.68. The topological polar surface area (TPSA) is 87.3 Å². The number of piperidine rings is 1. The number of rotatable bonds is 4. The molecular weight excluding hydrogens is 272 g/mol. The van der Waals surface area contributed by atoms with Gasteiger partial charge in [-0.2, -0.15) is 5.10 Å². The molecule has 1 aliphatic rings. The van der Waals surface area contributed by atoms with Gasteiger partial charge >= 0.3 is 5.97 Å². The van der Waals surface area contributed by atoms with E-state index in [1.54, 1.807) is 0 Å². The predicted molar refractivity (Wildman–Crippen MR) is 77.9 cm³/mol. The van der Waals surface area contributed by atoms with Gasteiger partial charge in [0.15, 0.2) is 0 Å². The zero-order valence-corrected chi connectivity index (χ0v) is 12.7. The fourth-order valence-electron chi connectivity index (χ4n) is 2.68. The van der Waals surface area contributed by atoms with E-state index in [0.29, 0.717) is 6.54 Å². The van der Waals surface area contributed by atoms with Gasteiger partial charge in [0.25, 0.3) is 0 Å². The van der Waals surface area contributed by atoms with Gasteiger partial charge in [-0.25, -0.2) is 0 Å². The van der Waals surface area contributed by atoms with E-state index in [4.69, 9.17) is 4.74 Å². The van der Waals surface area contributed by atoms with Crippen molar-refractivity contribution in [3.63, 3.8) is 0 Å². The van der Waals surface area contributed by atoms with Crippen LogP contribution in [0.1, 0.15) is 24.2 Å². The van der Waals surface area contributed by atoms with Gasteiger partial charge in [-0.15, -0.1) is 0 Å². The highest BCUT2D eigenvalue weighted by Crippen LogP contribution is 2.19. The first-order chi connectivity index (χ1) is 10.0. The van der Waals surface area contributed by atoms with Crippen LogP contribution in [-0.4, -0.2) is 53.7 Å². The number of nitrogens with zero attached hydrogens (tertiary/aromatic N) is 2. The Balaban J connectivity index is 1.89. The third-order valence-corrected chi connectivity index (χ3v) is 3.80. The zero-order chi connectivity index (χ0) is 15.4. The average Bonchev–Trinajstić information content (AvgIpc) is 2.78. The summed E-state index contributed by atoms with van der Waals surface area (Å²) in [5, 5.41) is 9.76. The molecule has 2 rings (SSSR count). The number of likely N-dealkylation sites (tertiary alicyclic amines) is 1. The number of carbonyl (C=O) groups excluding carboxylic acids is 2. The van der Waals surface area contributed by atoms with Crippen LogP contribution >= 0.6 is 0 Å². The lowest BCUT2D eigenvalue weighted by Crippen LogP contribution is -2.43. The Labute approximate surface area is 124 Å². The molecule has 7 heteroatoms. The highest BCUT2D eigenvalue weighted by atomic mass is 16.5. The van der Waals surface area contributed by atoms with Crippen LogP contribution in [0.2, 0.25) is 0 Å². The summed E-state index contributed by atoms with van der Waals surface area (Å²) in [6, 6.07) is 0. The molecule has 1 fully saturated rings. The van der Waals surface area contributed by atoms with Crippen molar-refractivity contribution in [2.75, 3.05) is 32.1 Å². The van der Waals surface area contributed by atoms with E-state index >= 15 is 0 Å². The summed E-state index contributed by atoms with van der Waals surface area (Å²) in [5.74, 6) is -0.413. The van der Waals surface area contributed by atoms with E-state index in [0.717, 1.165) is 36.5 Å². The highest BCUT2D eigenvalue weighted by Gasteiger charge is 2.27. The third kappa shape index (κ3) is 3.81. The summed E-state index contributed by atoms with van der Waals surface area (Å²) in [7, 11) is 1.40. The molecular formula is C14H22N4O3. The largest absolute Gasteiger partial charge is 0.469 e. The molecule has 0 saturated carbocycles. The number of methoxy groups -OCH3 is 1. The van der Waals surface area contributed by atoms with Gasteiger partial charge in [0.2, 0.25) is 5.91 Å². The number of esters is 1. The first-order valence-corrected chi connectivity index (χ1v) is 7.13. The number of H-pyrrole nitrogens is 1. The van der Waals surface area contributed by atoms with Crippen molar-refractivity contribution in [1.82, 2.24) is 15.1 Å². The SMILES string of the molecule is COC(=O)[C@H]1CCCN(CC(=O)Nc2c(C)n[nH]c2C)C1. The molecule has 0 spiro atoms. The second-order valence-corrected chi connectivity index (χ2v) is 5.45. The maximum absolute atomic E-state index is 12.1. The molecule has 7 nitrogen and oxygen atoms in total. The summed E-state index contributed by atoms with van der Waals surface area (Å²) in [6.07, 6.45) is 1.72. The van der Waals surface area contributed by atoms with Gasteiger partial charge in [0, 0.05) is 6.54 Å². The molecule has 1 aromatic rings.